The highest BCUT2D eigenvalue weighted by atomic mass is 35.5. The molecule has 2 fully saturated rings. The summed E-state index contributed by atoms with van der Waals surface area (Å²) in [7, 11) is 0. The first-order valence-electron chi connectivity index (χ1n) is 10.9. The van der Waals surface area contributed by atoms with E-state index < -0.39 is 29.2 Å². The van der Waals surface area contributed by atoms with Gasteiger partial charge in [-0.2, -0.15) is 11.8 Å². The number of hydrogen-bond donors (Lipinski definition) is 3. The van der Waals surface area contributed by atoms with Crippen molar-refractivity contribution in [1.29, 1.82) is 0 Å². The van der Waals surface area contributed by atoms with Gasteiger partial charge in [-0.25, -0.2) is 14.5 Å². The first kappa shape index (κ1) is 29.0. The van der Waals surface area contributed by atoms with Crippen LogP contribution < -0.4 is 11.1 Å². The van der Waals surface area contributed by atoms with Crippen LogP contribution in [-0.2, 0) is 25.8 Å². The monoisotopic (exact) mass is 629 g/mol. The molecule has 2 amide bonds. The van der Waals surface area contributed by atoms with Crippen molar-refractivity contribution in [2.24, 2.45) is 5.16 Å². The summed E-state index contributed by atoms with van der Waals surface area (Å²) in [5.41, 5.74) is 6.27. The number of carbonyl (C=O) groups excluding carboxylic acids is 2. The number of anilines is 1. The van der Waals surface area contributed by atoms with E-state index in [1.807, 2.05) is 0 Å². The summed E-state index contributed by atoms with van der Waals surface area (Å²) in [6.07, 6.45) is 5.21. The number of thiazole rings is 1. The van der Waals surface area contributed by atoms with Gasteiger partial charge in [-0.05, 0) is 16.0 Å². The molecule has 0 aliphatic carbocycles. The molecule has 19 heteroatoms. The summed E-state index contributed by atoms with van der Waals surface area (Å²) in [6, 6.07) is -0.945. The maximum absolute atomic E-state index is 13.1. The number of nitrogens with one attached hydrogen (secondary N) is 1. The van der Waals surface area contributed by atoms with Gasteiger partial charge in [0.15, 0.2) is 10.8 Å². The Morgan fingerprint density at radius 3 is 2.85 bits per heavy atom. The van der Waals surface area contributed by atoms with Crippen molar-refractivity contribution in [2.75, 3.05) is 28.7 Å². The minimum absolute atomic E-state index is 0. The smallest absolute Gasteiger partial charge is 0.352 e. The van der Waals surface area contributed by atoms with Crippen molar-refractivity contribution in [1.82, 2.24) is 35.4 Å². The maximum Gasteiger partial charge on any atom is 0.352 e. The lowest BCUT2D eigenvalue weighted by atomic mass is 10.0. The van der Waals surface area contributed by atoms with Crippen LogP contribution in [-0.4, -0.2) is 99.2 Å². The van der Waals surface area contributed by atoms with Crippen LogP contribution >= 0.6 is 59.0 Å². The van der Waals surface area contributed by atoms with Gasteiger partial charge in [0.1, 0.15) is 35.5 Å². The van der Waals surface area contributed by atoms with Gasteiger partial charge in [0.05, 0.1) is 0 Å². The van der Waals surface area contributed by atoms with E-state index in [9.17, 15) is 19.5 Å². The standard InChI is InChI=1S/C20H19N9O5S4.ClH/c1-2-3-28-20(24-26-27-28)38-5-9-4-36-17-13(16(31)29(17)14(9)18(32)33)23-15(30)12(11-8-37-19(21)22-11)25-34-10-6-35-7-10;/h1,8,10,13,17H,3-7H2,(H2,21,22)(H,23,30)(H,32,33);1H/t13?,17-;/m0./s1. The third-order valence-electron chi connectivity index (χ3n) is 5.53. The Labute approximate surface area is 244 Å². The number of amides is 2. The number of halogens is 1. The molecule has 3 aliphatic rings. The highest BCUT2D eigenvalue weighted by molar-refractivity contribution is 8.01. The lowest BCUT2D eigenvalue weighted by Crippen LogP contribution is -2.71. The molecule has 2 aromatic heterocycles. The minimum atomic E-state index is -1.24. The Balaban J connectivity index is 0.00000353. The molecule has 5 heterocycles. The van der Waals surface area contributed by atoms with Gasteiger partial charge >= 0.3 is 5.97 Å². The third-order valence-corrected chi connectivity index (χ3v) is 9.80. The number of nitrogens with two attached hydrogens (primary N) is 1. The van der Waals surface area contributed by atoms with Crippen LogP contribution in [0.1, 0.15) is 5.69 Å². The van der Waals surface area contributed by atoms with Gasteiger partial charge in [0.2, 0.25) is 5.16 Å². The molecule has 2 atom stereocenters. The number of nitrogens with zero attached hydrogens (tertiary/aromatic N) is 7. The van der Waals surface area contributed by atoms with E-state index in [-0.39, 0.29) is 53.0 Å². The molecule has 2 saturated heterocycles. The molecule has 0 spiro atoms. The van der Waals surface area contributed by atoms with Crippen LogP contribution in [0.2, 0.25) is 0 Å². The molecule has 3 aliphatic heterocycles. The van der Waals surface area contributed by atoms with Crippen LogP contribution in [0, 0.1) is 12.3 Å². The van der Waals surface area contributed by atoms with E-state index in [0.717, 1.165) is 22.8 Å². The summed E-state index contributed by atoms with van der Waals surface area (Å²) >= 11 is 5.41. The summed E-state index contributed by atoms with van der Waals surface area (Å²) in [6.45, 7) is 0.173. The fourth-order valence-corrected chi connectivity index (χ4v) is 7.10. The fourth-order valence-electron chi connectivity index (χ4n) is 3.64. The van der Waals surface area contributed by atoms with Crippen molar-refractivity contribution < 1.29 is 24.3 Å². The van der Waals surface area contributed by atoms with Crippen molar-refractivity contribution in [3.8, 4) is 12.3 Å². The van der Waals surface area contributed by atoms with Crippen molar-refractivity contribution in [2.45, 2.75) is 29.2 Å². The molecule has 0 bridgehead atoms. The number of aromatic nitrogens is 5. The largest absolute Gasteiger partial charge is 0.477 e. The Hall–Kier alpha value is -2.98. The Bertz CT molecular complexity index is 1390. The average molecular weight is 630 g/mol. The van der Waals surface area contributed by atoms with Crippen LogP contribution in [0.25, 0.3) is 0 Å². The Morgan fingerprint density at radius 2 is 2.21 bits per heavy atom. The van der Waals surface area contributed by atoms with Gasteiger partial charge in [-0.1, -0.05) is 22.8 Å². The molecule has 0 radical (unpaired) electrons. The molecule has 2 aromatic rings. The number of carbonyl (C=O) groups is 3. The molecular weight excluding hydrogens is 610 g/mol. The van der Waals surface area contributed by atoms with E-state index in [0.29, 0.717) is 16.5 Å². The number of hydrogen-bond acceptors (Lipinski definition) is 14. The molecule has 0 saturated carbocycles. The summed E-state index contributed by atoms with van der Waals surface area (Å²) < 4.78 is 1.42. The second kappa shape index (κ2) is 12.5. The third kappa shape index (κ3) is 5.96. The molecule has 4 N–H and O–H groups in total. The lowest BCUT2D eigenvalue weighted by molar-refractivity contribution is -0.150. The topological polar surface area (TPSA) is 191 Å². The molecule has 5 rings (SSSR count). The van der Waals surface area contributed by atoms with E-state index in [1.165, 1.54) is 33.1 Å². The van der Waals surface area contributed by atoms with Crippen LogP contribution in [0.5, 0.6) is 0 Å². The number of aliphatic carboxylic acids is 1. The molecule has 14 nitrogen and oxygen atoms in total. The number of terminal acetylenes is 1. The number of rotatable bonds is 10. The number of β-lactam (4-membered cyclic amide) rings is 1. The highest BCUT2D eigenvalue weighted by Gasteiger charge is 2.54. The molecule has 206 valence electrons. The zero-order chi connectivity index (χ0) is 26.8. The zero-order valence-corrected chi connectivity index (χ0v) is 23.8. The lowest BCUT2D eigenvalue weighted by Gasteiger charge is -2.49. The van der Waals surface area contributed by atoms with Crippen LogP contribution in [0.15, 0.2) is 27.0 Å². The van der Waals surface area contributed by atoms with E-state index >= 15 is 0 Å². The first-order valence-corrected chi connectivity index (χ1v) is 15.0. The number of oxime groups is 1. The van der Waals surface area contributed by atoms with E-state index in [4.69, 9.17) is 17.0 Å². The van der Waals surface area contributed by atoms with Crippen LogP contribution in [0.3, 0.4) is 0 Å². The van der Waals surface area contributed by atoms with Crippen molar-refractivity contribution >= 4 is 87.7 Å². The summed E-state index contributed by atoms with van der Waals surface area (Å²) in [5, 5.41) is 29.6. The van der Waals surface area contributed by atoms with E-state index in [1.54, 1.807) is 17.1 Å². The van der Waals surface area contributed by atoms with Crippen molar-refractivity contribution in [3.05, 3.63) is 22.3 Å². The normalized spacial score (nSPS) is 20.7. The molecule has 0 aromatic carbocycles. The average Bonchev–Trinajstić information content (AvgIpc) is 3.50. The SMILES string of the molecule is C#CCn1nnnc1SCC1=C(C(=O)O)N2C(=O)C(NC(=O)C(=NOC3CSC3)c3csc(N)n3)[C@@H]2SC1.Cl. The summed E-state index contributed by atoms with van der Waals surface area (Å²) in [5.74, 6) is 2.10. The summed E-state index contributed by atoms with van der Waals surface area (Å²) in [4.78, 5) is 49.1. The molecule has 39 heavy (non-hydrogen) atoms. The predicted molar refractivity (Wildman–Crippen MR) is 150 cm³/mol. The number of nitrogen functional groups attached to an aromatic ring is 1. The zero-order valence-electron chi connectivity index (χ0n) is 19.8. The first-order chi connectivity index (χ1) is 18.4. The quantitative estimate of drug-likeness (QED) is 0.106. The van der Waals surface area contributed by atoms with Gasteiger partial charge in [0.25, 0.3) is 11.8 Å². The number of thioether (sulfide) groups is 3. The Kier molecular flexibility index (Phi) is 9.27. The van der Waals surface area contributed by atoms with Gasteiger partial charge in [-0.3, -0.25) is 14.5 Å². The Morgan fingerprint density at radius 1 is 1.41 bits per heavy atom. The number of fused-ring (bicyclic) bond motifs is 1. The van der Waals surface area contributed by atoms with Crippen LogP contribution in [0.4, 0.5) is 5.13 Å². The van der Waals surface area contributed by atoms with Gasteiger partial charge in [-0.15, -0.1) is 47.0 Å². The molecule has 1 unspecified atom stereocenters. The van der Waals surface area contributed by atoms with Gasteiger partial charge < -0.3 is 21.0 Å². The number of tetrazole rings is 1. The fraction of sp³-hybridized carbons (Fsp3) is 0.400. The maximum atomic E-state index is 13.1. The second-order valence-electron chi connectivity index (χ2n) is 8.01. The predicted octanol–water partition coefficient (Wildman–Crippen LogP) is 0.134. The highest BCUT2D eigenvalue weighted by Crippen LogP contribution is 2.41. The minimum Gasteiger partial charge on any atom is -0.477 e. The van der Waals surface area contributed by atoms with Crippen molar-refractivity contribution in [3.63, 3.8) is 0 Å². The number of carboxylic acid groups (broad SMARTS) is 1. The molecular formula is C20H20ClN9O5S4. The van der Waals surface area contributed by atoms with E-state index in [2.05, 4.69) is 36.9 Å². The second-order valence-corrected chi connectivity index (χ2v) is 12.0. The number of carboxylic acids is 1. The van der Waals surface area contributed by atoms with Gasteiger partial charge in [0, 0.05) is 28.4 Å².